The molecule has 9 heteroatoms. The Labute approximate surface area is 119 Å². The Morgan fingerprint density at radius 1 is 1.14 bits per heavy atom. The van der Waals surface area contributed by atoms with Gasteiger partial charge in [-0.2, -0.15) is 9.97 Å². The molecular weight excluding hydrogens is 284 g/mol. The second kappa shape index (κ2) is 6.27. The zero-order chi connectivity index (χ0) is 15.4. The van der Waals surface area contributed by atoms with Gasteiger partial charge in [-0.1, -0.05) is 0 Å². The number of hydrogen-bond acceptors (Lipinski definition) is 7. The van der Waals surface area contributed by atoms with Crippen molar-refractivity contribution in [3.63, 3.8) is 0 Å². The fourth-order valence-corrected chi connectivity index (χ4v) is 1.37. The van der Waals surface area contributed by atoms with E-state index in [-0.39, 0.29) is 29.8 Å². The molecule has 7 nitrogen and oxygen atoms in total. The van der Waals surface area contributed by atoms with Crippen LogP contribution < -0.4 is 20.7 Å². The smallest absolute Gasteiger partial charge is 0.330 e. The average Bonchev–Trinajstić information content (AvgIpc) is 2.42. The van der Waals surface area contributed by atoms with Crippen molar-refractivity contribution < 1.29 is 18.3 Å². The van der Waals surface area contributed by atoms with E-state index in [9.17, 15) is 8.78 Å². The molecule has 0 amide bonds. The zero-order valence-corrected chi connectivity index (χ0v) is 11.3. The van der Waals surface area contributed by atoms with Gasteiger partial charge in [-0.15, -0.1) is 4.98 Å². The van der Waals surface area contributed by atoms with Crippen molar-refractivity contribution in [2.75, 3.05) is 5.43 Å². The molecule has 2 aromatic rings. The lowest BCUT2D eigenvalue weighted by Crippen LogP contribution is -2.15. The molecule has 2 rings (SSSR count). The van der Waals surface area contributed by atoms with Gasteiger partial charge < -0.3 is 9.47 Å². The topological polar surface area (TPSA) is 95.2 Å². The molecule has 0 fully saturated rings. The molecule has 1 heterocycles. The zero-order valence-electron chi connectivity index (χ0n) is 11.3. The van der Waals surface area contributed by atoms with Gasteiger partial charge in [0.15, 0.2) is 11.6 Å². The standard InChI is InChI=1S/C12H13F2N5O2/c1-6(2)20-11-16-10(19-15)17-12(18-11)21-9-5-7(13)3-4-8(9)14/h3-6H,15H2,1-2H3,(H,16,17,18,19). The molecule has 112 valence electrons. The summed E-state index contributed by atoms with van der Waals surface area (Å²) >= 11 is 0. The minimum absolute atomic E-state index is 0.0348. The summed E-state index contributed by atoms with van der Waals surface area (Å²) in [5.74, 6) is 3.41. The molecule has 3 N–H and O–H groups in total. The molecule has 1 aromatic carbocycles. The number of benzene rings is 1. The van der Waals surface area contributed by atoms with Gasteiger partial charge >= 0.3 is 12.0 Å². The number of anilines is 1. The number of hydrazine groups is 1. The molecule has 21 heavy (non-hydrogen) atoms. The first-order valence-electron chi connectivity index (χ1n) is 6.00. The number of rotatable bonds is 5. The van der Waals surface area contributed by atoms with Crippen LogP contribution in [-0.2, 0) is 0 Å². The first-order valence-corrected chi connectivity index (χ1v) is 6.00. The van der Waals surface area contributed by atoms with Crippen molar-refractivity contribution in [2.45, 2.75) is 20.0 Å². The van der Waals surface area contributed by atoms with Crippen LogP contribution in [0.3, 0.4) is 0 Å². The van der Waals surface area contributed by atoms with Crippen LogP contribution in [0.25, 0.3) is 0 Å². The summed E-state index contributed by atoms with van der Waals surface area (Å²) in [5, 5.41) is 0. The Balaban J connectivity index is 2.32. The van der Waals surface area contributed by atoms with Gasteiger partial charge in [0.2, 0.25) is 5.95 Å². The third-order valence-electron chi connectivity index (χ3n) is 2.16. The molecule has 0 spiro atoms. The number of nitrogens with two attached hydrogens (primary N) is 1. The summed E-state index contributed by atoms with van der Waals surface area (Å²) < 4.78 is 37.0. The van der Waals surface area contributed by atoms with Crippen molar-refractivity contribution in [3.8, 4) is 17.8 Å². The number of nitrogens with zero attached hydrogens (tertiary/aromatic N) is 3. The number of nitrogen functional groups attached to an aromatic ring is 1. The van der Waals surface area contributed by atoms with E-state index in [1.807, 2.05) is 0 Å². The van der Waals surface area contributed by atoms with Crippen LogP contribution in [0.2, 0.25) is 0 Å². The van der Waals surface area contributed by atoms with Crippen LogP contribution in [0.1, 0.15) is 13.8 Å². The molecule has 0 saturated carbocycles. The minimum Gasteiger partial charge on any atom is -0.461 e. The second-order valence-corrected chi connectivity index (χ2v) is 4.21. The van der Waals surface area contributed by atoms with Crippen LogP contribution in [0.5, 0.6) is 17.8 Å². The van der Waals surface area contributed by atoms with Crippen LogP contribution in [0, 0.1) is 11.6 Å². The van der Waals surface area contributed by atoms with E-state index in [4.69, 9.17) is 15.3 Å². The lowest BCUT2D eigenvalue weighted by Gasteiger charge is -2.10. The largest absolute Gasteiger partial charge is 0.461 e. The van der Waals surface area contributed by atoms with Crippen LogP contribution in [-0.4, -0.2) is 21.1 Å². The summed E-state index contributed by atoms with van der Waals surface area (Å²) in [6, 6.07) is 2.44. The maximum absolute atomic E-state index is 13.5. The number of nitrogens with one attached hydrogen (secondary N) is 1. The third kappa shape index (κ3) is 3.96. The second-order valence-electron chi connectivity index (χ2n) is 4.21. The molecule has 0 aliphatic carbocycles. The van der Waals surface area contributed by atoms with E-state index in [1.54, 1.807) is 13.8 Å². The summed E-state index contributed by atoms with van der Waals surface area (Å²) in [7, 11) is 0. The maximum atomic E-state index is 13.5. The van der Waals surface area contributed by atoms with E-state index >= 15 is 0 Å². The minimum atomic E-state index is -0.759. The molecule has 0 unspecified atom stereocenters. The summed E-state index contributed by atoms with van der Waals surface area (Å²) in [6.07, 6.45) is -0.197. The highest BCUT2D eigenvalue weighted by Gasteiger charge is 2.13. The Morgan fingerprint density at radius 3 is 2.52 bits per heavy atom. The maximum Gasteiger partial charge on any atom is 0.330 e. The fourth-order valence-electron chi connectivity index (χ4n) is 1.37. The number of halogens is 2. The van der Waals surface area contributed by atoms with Gasteiger partial charge in [-0.3, -0.25) is 5.43 Å². The monoisotopic (exact) mass is 297 g/mol. The van der Waals surface area contributed by atoms with E-state index in [0.29, 0.717) is 0 Å². The normalized spacial score (nSPS) is 10.6. The number of hydrogen-bond donors (Lipinski definition) is 2. The summed E-state index contributed by atoms with van der Waals surface area (Å²) in [4.78, 5) is 11.5. The van der Waals surface area contributed by atoms with Crippen LogP contribution in [0.4, 0.5) is 14.7 Å². The van der Waals surface area contributed by atoms with Crippen molar-refractivity contribution in [2.24, 2.45) is 5.84 Å². The van der Waals surface area contributed by atoms with Gasteiger partial charge in [0.25, 0.3) is 0 Å². The van der Waals surface area contributed by atoms with E-state index in [0.717, 1.165) is 18.2 Å². The van der Waals surface area contributed by atoms with Gasteiger partial charge in [-0.05, 0) is 26.0 Å². The van der Waals surface area contributed by atoms with E-state index in [1.165, 1.54) is 0 Å². The number of ether oxygens (including phenoxy) is 2. The highest BCUT2D eigenvalue weighted by molar-refractivity contribution is 5.30. The molecule has 0 aliphatic heterocycles. The number of aromatic nitrogens is 3. The summed E-state index contributed by atoms with van der Waals surface area (Å²) in [6.45, 7) is 3.54. The molecular formula is C12H13F2N5O2. The predicted molar refractivity (Wildman–Crippen MR) is 69.8 cm³/mol. The van der Waals surface area contributed by atoms with Crippen molar-refractivity contribution >= 4 is 5.95 Å². The summed E-state index contributed by atoms with van der Waals surface area (Å²) in [5.41, 5.74) is 2.20. The highest BCUT2D eigenvalue weighted by Crippen LogP contribution is 2.24. The van der Waals surface area contributed by atoms with Crippen molar-refractivity contribution in [1.29, 1.82) is 0 Å². The van der Waals surface area contributed by atoms with Crippen molar-refractivity contribution in [1.82, 2.24) is 15.0 Å². The lowest BCUT2D eigenvalue weighted by atomic mass is 10.3. The Kier molecular flexibility index (Phi) is 4.43. The first-order chi connectivity index (χ1) is 9.97. The average molecular weight is 297 g/mol. The third-order valence-corrected chi connectivity index (χ3v) is 2.16. The lowest BCUT2D eigenvalue weighted by molar-refractivity contribution is 0.218. The van der Waals surface area contributed by atoms with Gasteiger partial charge in [0, 0.05) is 6.07 Å². The molecule has 0 aliphatic rings. The van der Waals surface area contributed by atoms with E-state index < -0.39 is 11.6 Å². The molecule has 0 saturated heterocycles. The predicted octanol–water partition coefficient (Wildman–Crippen LogP) is 2.01. The van der Waals surface area contributed by atoms with Gasteiger partial charge in [0.05, 0.1) is 6.10 Å². The molecule has 0 radical (unpaired) electrons. The van der Waals surface area contributed by atoms with Gasteiger partial charge in [0.1, 0.15) is 5.82 Å². The quantitative estimate of drug-likeness (QED) is 0.643. The van der Waals surface area contributed by atoms with Gasteiger partial charge in [-0.25, -0.2) is 14.6 Å². The van der Waals surface area contributed by atoms with Crippen molar-refractivity contribution in [3.05, 3.63) is 29.8 Å². The molecule has 1 aromatic heterocycles. The SMILES string of the molecule is CC(C)Oc1nc(NN)nc(Oc2cc(F)ccc2F)n1. The Bertz CT molecular complexity index is 639. The Hall–Kier alpha value is -2.55. The first kappa shape index (κ1) is 14.9. The Morgan fingerprint density at radius 2 is 1.86 bits per heavy atom. The highest BCUT2D eigenvalue weighted by atomic mass is 19.1. The van der Waals surface area contributed by atoms with Crippen LogP contribution >= 0.6 is 0 Å². The van der Waals surface area contributed by atoms with Crippen LogP contribution in [0.15, 0.2) is 18.2 Å². The molecule has 0 atom stereocenters. The molecule has 0 bridgehead atoms. The van der Waals surface area contributed by atoms with E-state index in [2.05, 4.69) is 20.4 Å². The fraction of sp³-hybridized carbons (Fsp3) is 0.250.